The molecule has 0 spiro atoms. The standard InChI is InChI=1S/C6H12P.Na/c1-5-3-4-6(2)7-5;/h5-6H,3-4H2,1-2H3;/q-1;+1/t5-,6-;/m1./s1. The van der Waals surface area contributed by atoms with Crippen LogP contribution in [-0.2, 0) is 0 Å². The third-order valence-corrected chi connectivity index (χ3v) is 3.05. The number of hydrogen-bond donors (Lipinski definition) is 0. The Morgan fingerprint density at radius 3 is 1.62 bits per heavy atom. The second kappa shape index (κ2) is 4.28. The molecule has 0 bridgehead atoms. The molecule has 2 atom stereocenters. The van der Waals surface area contributed by atoms with Crippen molar-refractivity contribution < 1.29 is 29.6 Å². The largest absolute Gasteiger partial charge is 1.00 e. The van der Waals surface area contributed by atoms with E-state index in [1.54, 1.807) is 8.58 Å². The van der Waals surface area contributed by atoms with E-state index in [1.165, 1.54) is 12.8 Å². The molecule has 1 rings (SSSR count). The van der Waals surface area contributed by atoms with E-state index in [2.05, 4.69) is 13.8 Å². The fourth-order valence-electron chi connectivity index (χ4n) is 1.07. The zero-order valence-electron chi connectivity index (χ0n) is 6.02. The van der Waals surface area contributed by atoms with E-state index in [9.17, 15) is 0 Å². The van der Waals surface area contributed by atoms with Gasteiger partial charge in [-0.2, -0.15) is 11.3 Å². The van der Waals surface area contributed by atoms with Crippen molar-refractivity contribution >= 4 is 8.58 Å². The summed E-state index contributed by atoms with van der Waals surface area (Å²) in [6.07, 6.45) is 2.92. The van der Waals surface area contributed by atoms with Gasteiger partial charge in [-0.15, -0.1) is 0 Å². The second-order valence-electron chi connectivity index (χ2n) is 2.42. The third-order valence-electron chi connectivity index (χ3n) is 1.51. The van der Waals surface area contributed by atoms with Crippen LogP contribution in [0.2, 0.25) is 0 Å². The van der Waals surface area contributed by atoms with Crippen molar-refractivity contribution in [1.29, 1.82) is 0 Å². The van der Waals surface area contributed by atoms with Crippen LogP contribution in [-0.4, -0.2) is 11.3 Å². The summed E-state index contributed by atoms with van der Waals surface area (Å²) in [6, 6.07) is 0. The summed E-state index contributed by atoms with van der Waals surface area (Å²) in [7, 11) is 1.69. The van der Waals surface area contributed by atoms with Gasteiger partial charge in [-0.3, -0.25) is 0 Å². The van der Waals surface area contributed by atoms with Crippen LogP contribution in [0.3, 0.4) is 0 Å². The van der Waals surface area contributed by atoms with Crippen LogP contribution in [0.1, 0.15) is 26.7 Å². The van der Waals surface area contributed by atoms with E-state index in [4.69, 9.17) is 0 Å². The molecule has 0 aromatic heterocycles. The molecule has 42 valence electrons. The molecule has 0 aliphatic carbocycles. The van der Waals surface area contributed by atoms with Crippen LogP contribution >= 0.6 is 8.58 Å². The predicted octanol–water partition coefficient (Wildman–Crippen LogP) is -0.493. The summed E-state index contributed by atoms with van der Waals surface area (Å²) in [5.74, 6) is 0. The normalized spacial score (nSPS) is 36.8. The van der Waals surface area contributed by atoms with E-state index in [1.807, 2.05) is 0 Å². The van der Waals surface area contributed by atoms with Gasteiger partial charge in [0.05, 0.1) is 0 Å². The van der Waals surface area contributed by atoms with Gasteiger partial charge < -0.3 is 8.58 Å². The van der Waals surface area contributed by atoms with Crippen LogP contribution in [0.25, 0.3) is 0 Å². The van der Waals surface area contributed by atoms with Crippen LogP contribution in [0.4, 0.5) is 0 Å². The van der Waals surface area contributed by atoms with Crippen molar-refractivity contribution in [2.24, 2.45) is 0 Å². The van der Waals surface area contributed by atoms with Crippen molar-refractivity contribution in [1.82, 2.24) is 0 Å². The number of hydrogen-bond acceptors (Lipinski definition) is 0. The van der Waals surface area contributed by atoms with E-state index < -0.39 is 0 Å². The van der Waals surface area contributed by atoms with Crippen LogP contribution in [0.5, 0.6) is 0 Å². The first-order chi connectivity index (χ1) is 3.29. The van der Waals surface area contributed by atoms with E-state index >= 15 is 0 Å². The molecular formula is C6H12NaP. The molecule has 0 N–H and O–H groups in total. The van der Waals surface area contributed by atoms with Crippen molar-refractivity contribution in [3.05, 3.63) is 0 Å². The molecule has 8 heavy (non-hydrogen) atoms. The maximum atomic E-state index is 2.34. The third kappa shape index (κ3) is 2.82. The first kappa shape index (κ1) is 9.43. The fraction of sp³-hybridized carbons (Fsp3) is 1.00. The van der Waals surface area contributed by atoms with Gasteiger partial charge in [0.25, 0.3) is 0 Å². The molecule has 0 radical (unpaired) electrons. The fourth-order valence-corrected chi connectivity index (χ4v) is 2.53. The zero-order chi connectivity index (χ0) is 5.28. The van der Waals surface area contributed by atoms with Crippen LogP contribution < -0.4 is 29.6 Å². The van der Waals surface area contributed by atoms with Crippen LogP contribution in [0, 0.1) is 0 Å². The predicted molar refractivity (Wildman–Crippen MR) is 35.1 cm³/mol. The molecule has 0 amide bonds. The zero-order valence-corrected chi connectivity index (χ0v) is 8.91. The molecule has 2 heteroatoms. The Morgan fingerprint density at radius 2 is 1.50 bits per heavy atom. The SMILES string of the molecule is C[C@@H]1CC[C@@H](C)[P-]1.[Na+]. The van der Waals surface area contributed by atoms with Crippen molar-refractivity contribution in [2.75, 3.05) is 0 Å². The first-order valence-corrected chi connectivity index (χ1v) is 4.02. The molecule has 0 saturated carbocycles. The van der Waals surface area contributed by atoms with Gasteiger partial charge in [-0.05, 0) is 0 Å². The quantitative estimate of drug-likeness (QED) is 0.313. The van der Waals surface area contributed by atoms with Gasteiger partial charge in [0.15, 0.2) is 0 Å². The van der Waals surface area contributed by atoms with Gasteiger partial charge >= 0.3 is 29.6 Å². The van der Waals surface area contributed by atoms with Crippen molar-refractivity contribution in [3.63, 3.8) is 0 Å². The molecule has 1 saturated heterocycles. The van der Waals surface area contributed by atoms with E-state index in [-0.39, 0.29) is 29.6 Å². The van der Waals surface area contributed by atoms with E-state index in [0.29, 0.717) is 0 Å². The van der Waals surface area contributed by atoms with Gasteiger partial charge in [-0.1, -0.05) is 26.7 Å². The maximum Gasteiger partial charge on any atom is 1.00 e. The molecule has 0 aromatic rings. The van der Waals surface area contributed by atoms with Gasteiger partial charge in [0.1, 0.15) is 0 Å². The van der Waals surface area contributed by atoms with Crippen molar-refractivity contribution in [3.8, 4) is 0 Å². The van der Waals surface area contributed by atoms with Gasteiger partial charge in [0.2, 0.25) is 0 Å². The molecule has 0 nitrogen and oxygen atoms in total. The molecule has 1 aliphatic heterocycles. The Kier molecular flexibility index (Phi) is 5.04. The minimum atomic E-state index is 0. The summed E-state index contributed by atoms with van der Waals surface area (Å²) in [5.41, 5.74) is 1.99. The Hall–Kier alpha value is 1.43. The second-order valence-corrected chi connectivity index (χ2v) is 4.49. The molecule has 1 fully saturated rings. The first-order valence-electron chi connectivity index (χ1n) is 2.99. The summed E-state index contributed by atoms with van der Waals surface area (Å²) >= 11 is 0. The van der Waals surface area contributed by atoms with Gasteiger partial charge in [0, 0.05) is 0 Å². The average molecular weight is 138 g/mol. The van der Waals surface area contributed by atoms with Crippen molar-refractivity contribution in [2.45, 2.75) is 38.0 Å². The Labute approximate surface area is 75.9 Å². The Bertz CT molecular complexity index is 57.5. The minimum absolute atomic E-state index is 0. The maximum absolute atomic E-state index is 2.34. The topological polar surface area (TPSA) is 0 Å². The Morgan fingerprint density at radius 1 is 1.12 bits per heavy atom. The molecule has 1 heterocycles. The monoisotopic (exact) mass is 138 g/mol. The minimum Gasteiger partial charge on any atom is -0.534 e. The van der Waals surface area contributed by atoms with Crippen LogP contribution in [0.15, 0.2) is 0 Å². The smallest absolute Gasteiger partial charge is 0.534 e. The van der Waals surface area contributed by atoms with E-state index in [0.717, 1.165) is 11.3 Å². The summed E-state index contributed by atoms with van der Waals surface area (Å²) in [4.78, 5) is 0. The summed E-state index contributed by atoms with van der Waals surface area (Å²) in [6.45, 7) is 4.68. The molecule has 0 unspecified atom stereocenters. The van der Waals surface area contributed by atoms with Gasteiger partial charge in [-0.25, -0.2) is 0 Å². The number of rotatable bonds is 0. The average Bonchev–Trinajstić information content (AvgIpc) is 1.87. The molecular weight excluding hydrogens is 126 g/mol. The summed E-state index contributed by atoms with van der Waals surface area (Å²) in [5, 5.41) is 0. The molecule has 1 aliphatic rings. The Balaban J connectivity index is 0.000000490. The summed E-state index contributed by atoms with van der Waals surface area (Å²) < 4.78 is 0. The molecule has 0 aromatic carbocycles.